The van der Waals surface area contributed by atoms with Crippen molar-refractivity contribution in [2.45, 2.75) is 18.2 Å². The Morgan fingerprint density at radius 3 is 2.50 bits per heavy atom. The summed E-state index contributed by atoms with van der Waals surface area (Å²) < 4.78 is 39.0. The second-order valence-electron chi connectivity index (χ2n) is 2.78. The number of aryl methyl sites for hydroxylation is 1. The highest BCUT2D eigenvalue weighted by Gasteiger charge is 2.18. The first-order chi connectivity index (χ1) is 6.49. The summed E-state index contributed by atoms with van der Waals surface area (Å²) in [6, 6.07) is 4.44. The molecule has 0 radical (unpaired) electrons. The van der Waals surface area contributed by atoms with E-state index in [1.165, 1.54) is 19.2 Å². The Kier molecular flexibility index (Phi) is 3.10. The number of hydrogen-bond donors (Lipinski definition) is 0. The first-order valence-electron chi connectivity index (χ1n) is 4.10. The summed E-state index contributed by atoms with van der Waals surface area (Å²) in [7, 11) is -3.40. The lowest BCUT2D eigenvalue weighted by Crippen LogP contribution is -1.98. The van der Waals surface area contributed by atoms with Crippen LogP contribution in [0.1, 0.15) is 12.5 Å². The first kappa shape index (κ1) is 11.0. The Morgan fingerprint density at radius 2 is 2.07 bits per heavy atom. The Labute approximate surface area is 82.7 Å². The van der Waals surface area contributed by atoms with Crippen LogP contribution in [0.15, 0.2) is 23.1 Å². The lowest BCUT2D eigenvalue weighted by Gasteiger charge is -2.06. The Hall–Kier alpha value is -1.10. The molecule has 0 aromatic heterocycles. The quantitative estimate of drug-likeness (QED) is 0.728. The van der Waals surface area contributed by atoms with Gasteiger partial charge in [-0.3, -0.25) is 0 Å². The van der Waals surface area contributed by atoms with E-state index in [4.69, 9.17) is 4.74 Å². The lowest BCUT2D eigenvalue weighted by atomic mass is 10.2. The molecular formula is C9H11FO3S. The highest BCUT2D eigenvalue weighted by Crippen LogP contribution is 2.26. The van der Waals surface area contributed by atoms with Crippen LogP contribution in [-0.2, 0) is 16.6 Å². The van der Waals surface area contributed by atoms with E-state index in [1.807, 2.05) is 6.92 Å². The van der Waals surface area contributed by atoms with Gasteiger partial charge in [0.15, 0.2) is 0 Å². The molecule has 0 aliphatic rings. The molecule has 1 aromatic carbocycles. The molecule has 0 saturated carbocycles. The molecule has 0 atom stereocenters. The van der Waals surface area contributed by atoms with E-state index >= 15 is 0 Å². The summed E-state index contributed by atoms with van der Waals surface area (Å²) in [6.07, 6.45) is 0.645. The van der Waals surface area contributed by atoms with Gasteiger partial charge >= 0.3 is 10.2 Å². The Morgan fingerprint density at radius 1 is 1.43 bits per heavy atom. The van der Waals surface area contributed by atoms with Gasteiger partial charge in [0.2, 0.25) is 0 Å². The second-order valence-corrected chi connectivity index (χ2v) is 4.09. The average molecular weight is 218 g/mol. The smallest absolute Gasteiger partial charge is 0.335 e. The molecule has 0 bridgehead atoms. The molecule has 0 unspecified atom stereocenters. The van der Waals surface area contributed by atoms with Crippen LogP contribution < -0.4 is 4.74 Å². The molecule has 3 nitrogen and oxygen atoms in total. The van der Waals surface area contributed by atoms with Gasteiger partial charge in [-0.25, -0.2) is 0 Å². The maximum Gasteiger partial charge on any atom is 0.335 e. The summed E-state index contributed by atoms with van der Waals surface area (Å²) in [5.41, 5.74) is 0.752. The molecular weight excluding hydrogens is 207 g/mol. The SMILES string of the molecule is CCc1ccc(OC)c(S(=O)(=O)F)c1. The average Bonchev–Trinajstić information content (AvgIpc) is 2.15. The molecule has 0 fully saturated rings. The number of methoxy groups -OCH3 is 1. The third-order valence-electron chi connectivity index (χ3n) is 1.90. The van der Waals surface area contributed by atoms with Gasteiger partial charge < -0.3 is 4.74 Å². The molecule has 0 spiro atoms. The number of benzene rings is 1. The van der Waals surface area contributed by atoms with Gasteiger partial charge in [0.05, 0.1) is 7.11 Å². The molecule has 0 amide bonds. The molecule has 1 rings (SSSR count). The van der Waals surface area contributed by atoms with Crippen molar-refractivity contribution in [2.75, 3.05) is 7.11 Å². The largest absolute Gasteiger partial charge is 0.495 e. The van der Waals surface area contributed by atoms with E-state index in [0.717, 1.165) is 5.56 Å². The number of ether oxygens (including phenoxy) is 1. The van der Waals surface area contributed by atoms with E-state index in [1.54, 1.807) is 6.07 Å². The van der Waals surface area contributed by atoms with Crippen molar-refractivity contribution in [1.29, 1.82) is 0 Å². The molecule has 0 aliphatic carbocycles. The summed E-state index contributed by atoms with van der Waals surface area (Å²) in [5, 5.41) is 0. The summed E-state index contributed by atoms with van der Waals surface area (Å²) in [5.74, 6) is 0.0321. The zero-order valence-corrected chi connectivity index (χ0v) is 8.77. The van der Waals surface area contributed by atoms with Crippen molar-refractivity contribution in [3.63, 3.8) is 0 Å². The summed E-state index contributed by atoms with van der Waals surface area (Å²) in [6.45, 7) is 1.86. The van der Waals surface area contributed by atoms with Gasteiger partial charge in [0.25, 0.3) is 0 Å². The topological polar surface area (TPSA) is 43.4 Å². The molecule has 0 N–H and O–H groups in total. The molecule has 0 aliphatic heterocycles. The van der Waals surface area contributed by atoms with Crippen LogP contribution in [0, 0.1) is 0 Å². The number of hydrogen-bond acceptors (Lipinski definition) is 3. The highest BCUT2D eigenvalue weighted by atomic mass is 32.3. The van der Waals surface area contributed by atoms with Gasteiger partial charge in [0.1, 0.15) is 10.6 Å². The van der Waals surface area contributed by atoms with Crippen LogP contribution in [0.4, 0.5) is 3.89 Å². The van der Waals surface area contributed by atoms with E-state index in [0.29, 0.717) is 6.42 Å². The molecule has 1 aromatic rings. The zero-order valence-electron chi connectivity index (χ0n) is 7.95. The fourth-order valence-electron chi connectivity index (χ4n) is 1.13. The lowest BCUT2D eigenvalue weighted by molar-refractivity contribution is 0.401. The van der Waals surface area contributed by atoms with Crippen LogP contribution in [0.2, 0.25) is 0 Å². The minimum atomic E-state index is -4.70. The molecule has 0 heterocycles. The van der Waals surface area contributed by atoms with E-state index in [-0.39, 0.29) is 5.75 Å². The molecule has 78 valence electrons. The van der Waals surface area contributed by atoms with Crippen molar-refractivity contribution >= 4 is 10.2 Å². The minimum Gasteiger partial charge on any atom is -0.495 e. The number of halogens is 1. The van der Waals surface area contributed by atoms with Gasteiger partial charge in [-0.1, -0.05) is 13.0 Å². The standard InChI is InChI=1S/C9H11FO3S/c1-3-7-4-5-8(13-2)9(6-7)14(10,11)12/h4-6H,3H2,1-2H3. The van der Waals surface area contributed by atoms with Gasteiger partial charge in [-0.2, -0.15) is 8.42 Å². The molecule has 14 heavy (non-hydrogen) atoms. The monoisotopic (exact) mass is 218 g/mol. The molecule has 0 saturated heterocycles. The van der Waals surface area contributed by atoms with Gasteiger partial charge in [0, 0.05) is 0 Å². The van der Waals surface area contributed by atoms with Crippen LogP contribution in [0.5, 0.6) is 5.75 Å². The van der Waals surface area contributed by atoms with Crippen molar-refractivity contribution in [1.82, 2.24) is 0 Å². The third-order valence-corrected chi connectivity index (χ3v) is 2.74. The van der Waals surface area contributed by atoms with Crippen LogP contribution in [0.3, 0.4) is 0 Å². The second kappa shape index (κ2) is 3.96. The fourth-order valence-corrected chi connectivity index (χ4v) is 1.82. The van der Waals surface area contributed by atoms with E-state index in [9.17, 15) is 12.3 Å². The molecule has 5 heteroatoms. The Bertz CT molecular complexity index is 426. The normalized spacial score (nSPS) is 11.4. The van der Waals surface area contributed by atoms with Gasteiger partial charge in [-0.05, 0) is 24.1 Å². The predicted molar refractivity (Wildman–Crippen MR) is 50.7 cm³/mol. The van der Waals surface area contributed by atoms with Crippen molar-refractivity contribution in [3.8, 4) is 5.75 Å². The fraction of sp³-hybridized carbons (Fsp3) is 0.333. The van der Waals surface area contributed by atoms with E-state index in [2.05, 4.69) is 0 Å². The maximum absolute atomic E-state index is 12.8. The van der Waals surface area contributed by atoms with Crippen LogP contribution >= 0.6 is 0 Å². The summed E-state index contributed by atoms with van der Waals surface area (Å²) in [4.78, 5) is -0.403. The van der Waals surface area contributed by atoms with Crippen molar-refractivity contribution in [3.05, 3.63) is 23.8 Å². The third kappa shape index (κ3) is 2.23. The predicted octanol–water partition coefficient (Wildman–Crippen LogP) is 1.92. The van der Waals surface area contributed by atoms with Crippen molar-refractivity contribution in [2.24, 2.45) is 0 Å². The Balaban J connectivity index is 3.37. The maximum atomic E-state index is 12.8. The van der Waals surface area contributed by atoms with Crippen LogP contribution in [0.25, 0.3) is 0 Å². The van der Waals surface area contributed by atoms with Crippen LogP contribution in [-0.4, -0.2) is 15.5 Å². The zero-order chi connectivity index (χ0) is 10.8. The minimum absolute atomic E-state index is 0.0321. The first-order valence-corrected chi connectivity index (χ1v) is 5.49. The van der Waals surface area contributed by atoms with E-state index < -0.39 is 15.1 Å². The highest BCUT2D eigenvalue weighted by molar-refractivity contribution is 7.86. The van der Waals surface area contributed by atoms with Crippen molar-refractivity contribution < 1.29 is 17.0 Å². The summed E-state index contributed by atoms with van der Waals surface area (Å²) >= 11 is 0. The van der Waals surface area contributed by atoms with Gasteiger partial charge in [-0.15, -0.1) is 3.89 Å². The number of rotatable bonds is 3.